The van der Waals surface area contributed by atoms with Gasteiger partial charge in [-0.1, -0.05) is 36.4 Å². The predicted octanol–water partition coefficient (Wildman–Crippen LogP) is 4.33. The summed E-state index contributed by atoms with van der Waals surface area (Å²) < 4.78 is 12.4. The standard InChI is InChI=1S/C20H19NO3/c1-3-24-20(22)19-14-21(16-10-7-11-17(12-16)23-2)13-18(19)15-8-5-4-6-9-15/h4-14H,3H2,1-2H3. The highest BCUT2D eigenvalue weighted by Crippen LogP contribution is 2.28. The lowest BCUT2D eigenvalue weighted by molar-refractivity contribution is 0.0527. The number of hydrogen-bond acceptors (Lipinski definition) is 3. The number of hydrogen-bond donors (Lipinski definition) is 0. The van der Waals surface area contributed by atoms with E-state index in [4.69, 9.17) is 9.47 Å². The molecule has 0 spiro atoms. The van der Waals surface area contributed by atoms with Gasteiger partial charge in [0.05, 0.1) is 19.3 Å². The number of rotatable bonds is 5. The summed E-state index contributed by atoms with van der Waals surface area (Å²) in [6, 6.07) is 17.5. The van der Waals surface area contributed by atoms with Crippen molar-refractivity contribution in [1.82, 2.24) is 4.57 Å². The maximum absolute atomic E-state index is 12.3. The summed E-state index contributed by atoms with van der Waals surface area (Å²) in [5, 5.41) is 0. The van der Waals surface area contributed by atoms with Gasteiger partial charge in [0.2, 0.25) is 0 Å². The van der Waals surface area contributed by atoms with Crippen LogP contribution in [0.15, 0.2) is 67.0 Å². The minimum absolute atomic E-state index is 0.321. The Labute approximate surface area is 141 Å². The molecule has 122 valence electrons. The number of esters is 1. The SMILES string of the molecule is CCOC(=O)c1cn(-c2cccc(OC)c2)cc1-c1ccccc1. The molecule has 0 radical (unpaired) electrons. The molecule has 0 bridgehead atoms. The fourth-order valence-corrected chi connectivity index (χ4v) is 2.59. The Bertz CT molecular complexity index is 837. The number of benzene rings is 2. The molecule has 0 aliphatic carbocycles. The van der Waals surface area contributed by atoms with Crippen molar-refractivity contribution in [3.63, 3.8) is 0 Å². The molecule has 4 heteroatoms. The van der Waals surface area contributed by atoms with Crippen molar-refractivity contribution >= 4 is 5.97 Å². The van der Waals surface area contributed by atoms with Crippen LogP contribution >= 0.6 is 0 Å². The van der Waals surface area contributed by atoms with Gasteiger partial charge in [0.25, 0.3) is 0 Å². The molecular weight excluding hydrogens is 302 g/mol. The number of aromatic nitrogens is 1. The molecule has 3 aromatic rings. The van der Waals surface area contributed by atoms with Crippen LogP contribution in [0.5, 0.6) is 5.75 Å². The summed E-state index contributed by atoms with van der Waals surface area (Å²) in [6.45, 7) is 2.15. The van der Waals surface area contributed by atoms with Gasteiger partial charge < -0.3 is 14.0 Å². The average molecular weight is 321 g/mol. The first-order valence-corrected chi connectivity index (χ1v) is 7.82. The molecule has 0 saturated carbocycles. The second kappa shape index (κ2) is 7.04. The van der Waals surface area contributed by atoms with Gasteiger partial charge in [0.1, 0.15) is 5.75 Å². The lowest BCUT2D eigenvalue weighted by Gasteiger charge is -2.05. The topological polar surface area (TPSA) is 40.5 Å². The van der Waals surface area contributed by atoms with Gasteiger partial charge in [-0.25, -0.2) is 4.79 Å². The molecule has 0 amide bonds. The molecule has 0 fully saturated rings. The lowest BCUT2D eigenvalue weighted by atomic mass is 10.1. The Kier molecular flexibility index (Phi) is 4.66. The smallest absolute Gasteiger partial charge is 0.340 e. The molecule has 2 aromatic carbocycles. The Morgan fingerprint density at radius 1 is 1.04 bits per heavy atom. The van der Waals surface area contributed by atoms with Gasteiger partial charge in [-0.15, -0.1) is 0 Å². The monoisotopic (exact) mass is 321 g/mol. The van der Waals surface area contributed by atoms with Crippen molar-refractivity contribution in [3.05, 3.63) is 72.6 Å². The minimum Gasteiger partial charge on any atom is -0.497 e. The van der Waals surface area contributed by atoms with Crippen molar-refractivity contribution in [2.75, 3.05) is 13.7 Å². The minimum atomic E-state index is -0.321. The Hall–Kier alpha value is -3.01. The van der Waals surface area contributed by atoms with E-state index in [2.05, 4.69) is 0 Å². The zero-order valence-electron chi connectivity index (χ0n) is 13.7. The highest BCUT2D eigenvalue weighted by Gasteiger charge is 2.17. The van der Waals surface area contributed by atoms with Crippen molar-refractivity contribution in [1.29, 1.82) is 0 Å². The van der Waals surface area contributed by atoms with Crippen LogP contribution in [0.2, 0.25) is 0 Å². The summed E-state index contributed by atoms with van der Waals surface area (Å²) in [4.78, 5) is 12.3. The van der Waals surface area contributed by atoms with Crippen LogP contribution in [-0.4, -0.2) is 24.3 Å². The molecule has 0 saturated heterocycles. The zero-order valence-corrected chi connectivity index (χ0v) is 13.7. The van der Waals surface area contributed by atoms with Crippen LogP contribution in [0.4, 0.5) is 0 Å². The largest absolute Gasteiger partial charge is 0.497 e. The van der Waals surface area contributed by atoms with Gasteiger partial charge in [-0.05, 0) is 24.6 Å². The van der Waals surface area contributed by atoms with Gasteiger partial charge in [-0.2, -0.15) is 0 Å². The van der Waals surface area contributed by atoms with Gasteiger partial charge in [0.15, 0.2) is 0 Å². The van der Waals surface area contributed by atoms with Crippen LogP contribution in [0.1, 0.15) is 17.3 Å². The van der Waals surface area contributed by atoms with E-state index in [9.17, 15) is 4.79 Å². The zero-order chi connectivity index (χ0) is 16.9. The third-order valence-electron chi connectivity index (χ3n) is 3.76. The Morgan fingerprint density at radius 3 is 2.54 bits per heavy atom. The summed E-state index contributed by atoms with van der Waals surface area (Å²) >= 11 is 0. The molecule has 3 rings (SSSR count). The molecule has 0 unspecified atom stereocenters. The summed E-state index contributed by atoms with van der Waals surface area (Å²) in [7, 11) is 1.63. The van der Waals surface area contributed by atoms with Gasteiger partial charge >= 0.3 is 5.97 Å². The van der Waals surface area contributed by atoms with E-state index in [0.717, 1.165) is 22.6 Å². The number of methoxy groups -OCH3 is 1. The van der Waals surface area contributed by atoms with Crippen LogP contribution < -0.4 is 4.74 Å². The van der Waals surface area contributed by atoms with Crippen LogP contribution in [-0.2, 0) is 4.74 Å². The van der Waals surface area contributed by atoms with E-state index in [1.54, 1.807) is 20.2 Å². The normalized spacial score (nSPS) is 10.4. The van der Waals surface area contributed by atoms with Crippen molar-refractivity contribution < 1.29 is 14.3 Å². The van der Waals surface area contributed by atoms with Gasteiger partial charge in [0, 0.05) is 29.7 Å². The predicted molar refractivity (Wildman–Crippen MR) is 93.7 cm³/mol. The average Bonchev–Trinajstić information content (AvgIpc) is 3.08. The molecule has 0 aliphatic rings. The number of carbonyl (C=O) groups is 1. The summed E-state index contributed by atoms with van der Waals surface area (Å²) in [6.07, 6.45) is 3.74. The highest BCUT2D eigenvalue weighted by atomic mass is 16.5. The summed E-state index contributed by atoms with van der Waals surface area (Å²) in [5.41, 5.74) is 3.28. The second-order valence-electron chi connectivity index (χ2n) is 5.28. The van der Waals surface area contributed by atoms with E-state index in [-0.39, 0.29) is 5.97 Å². The third-order valence-corrected chi connectivity index (χ3v) is 3.76. The molecule has 4 nitrogen and oxygen atoms in total. The van der Waals surface area contributed by atoms with Crippen molar-refractivity contribution in [2.24, 2.45) is 0 Å². The first-order chi connectivity index (χ1) is 11.7. The Balaban J connectivity index is 2.10. The highest BCUT2D eigenvalue weighted by molar-refractivity contribution is 5.97. The number of carbonyl (C=O) groups excluding carboxylic acids is 1. The Morgan fingerprint density at radius 2 is 1.83 bits per heavy atom. The first kappa shape index (κ1) is 15.9. The molecule has 1 heterocycles. The maximum atomic E-state index is 12.3. The lowest BCUT2D eigenvalue weighted by Crippen LogP contribution is -2.04. The molecule has 1 aromatic heterocycles. The maximum Gasteiger partial charge on any atom is 0.340 e. The molecule has 0 N–H and O–H groups in total. The molecular formula is C20H19NO3. The molecule has 24 heavy (non-hydrogen) atoms. The van der Waals surface area contributed by atoms with E-state index < -0.39 is 0 Å². The van der Waals surface area contributed by atoms with Crippen LogP contribution in [0, 0.1) is 0 Å². The van der Waals surface area contributed by atoms with E-state index in [1.807, 2.05) is 65.4 Å². The third kappa shape index (κ3) is 3.18. The first-order valence-electron chi connectivity index (χ1n) is 7.82. The fraction of sp³-hybridized carbons (Fsp3) is 0.150. The quantitative estimate of drug-likeness (QED) is 0.657. The molecule has 0 aliphatic heterocycles. The van der Waals surface area contributed by atoms with Crippen molar-refractivity contribution in [3.8, 4) is 22.6 Å². The van der Waals surface area contributed by atoms with E-state index >= 15 is 0 Å². The van der Waals surface area contributed by atoms with Gasteiger partial charge in [-0.3, -0.25) is 0 Å². The second-order valence-corrected chi connectivity index (χ2v) is 5.28. The summed E-state index contributed by atoms with van der Waals surface area (Å²) in [5.74, 6) is 0.443. The molecule has 0 atom stereocenters. The number of nitrogens with zero attached hydrogens (tertiary/aromatic N) is 1. The fourth-order valence-electron chi connectivity index (χ4n) is 2.59. The van der Waals surface area contributed by atoms with Crippen molar-refractivity contribution in [2.45, 2.75) is 6.92 Å². The van der Waals surface area contributed by atoms with Crippen LogP contribution in [0.3, 0.4) is 0 Å². The van der Waals surface area contributed by atoms with E-state index in [1.165, 1.54) is 0 Å². The number of ether oxygens (including phenoxy) is 2. The van der Waals surface area contributed by atoms with E-state index in [0.29, 0.717) is 12.2 Å². The van der Waals surface area contributed by atoms with Crippen LogP contribution in [0.25, 0.3) is 16.8 Å².